The van der Waals surface area contributed by atoms with Gasteiger partial charge >= 0.3 is 0 Å². The monoisotopic (exact) mass is 322 g/mol. The molecule has 0 aromatic heterocycles. The first kappa shape index (κ1) is 16.2. The molecule has 0 amide bonds. The largest absolute Gasteiger partial charge is 0.368 e. The van der Waals surface area contributed by atoms with E-state index in [1.807, 2.05) is 18.9 Å². The van der Waals surface area contributed by atoms with Crippen LogP contribution in [-0.2, 0) is 0 Å². The highest BCUT2D eigenvalue weighted by atomic mass is 35.5. The molecule has 0 fully saturated rings. The zero-order valence-electron chi connectivity index (χ0n) is 11.1. The number of benzene rings is 1. The number of nitrogens with zero attached hydrogens (tertiary/aromatic N) is 3. The Kier molecular flexibility index (Phi) is 6.04. The molecule has 2 N–H and O–H groups in total. The molecule has 0 aliphatic rings. The third kappa shape index (κ3) is 4.06. The van der Waals surface area contributed by atoms with Gasteiger partial charge in [-0.05, 0) is 26.0 Å². The van der Waals surface area contributed by atoms with E-state index in [0.717, 1.165) is 13.1 Å². The fourth-order valence-electron chi connectivity index (χ4n) is 1.55. The molecule has 1 aromatic rings. The minimum Gasteiger partial charge on any atom is -0.368 e. The summed E-state index contributed by atoms with van der Waals surface area (Å²) >= 11 is 18.2. The Bertz CT molecular complexity index is 449. The molecule has 0 aliphatic carbocycles. The van der Waals surface area contributed by atoms with Crippen LogP contribution >= 0.6 is 34.8 Å². The Morgan fingerprint density at radius 3 is 2.05 bits per heavy atom. The molecule has 0 saturated heterocycles. The van der Waals surface area contributed by atoms with Gasteiger partial charge in [-0.3, -0.25) is 5.01 Å². The van der Waals surface area contributed by atoms with Gasteiger partial charge in [0.05, 0.1) is 15.7 Å². The van der Waals surface area contributed by atoms with Crippen LogP contribution in [0.15, 0.2) is 17.2 Å². The number of rotatable bonds is 4. The number of guanidine groups is 1. The summed E-state index contributed by atoms with van der Waals surface area (Å²) in [4.78, 5) is 1.64. The molecule has 106 valence electrons. The number of hydrazone groups is 1. The van der Waals surface area contributed by atoms with Crippen LogP contribution in [-0.4, -0.2) is 31.1 Å². The lowest BCUT2D eigenvalue weighted by molar-refractivity contribution is 0.320. The van der Waals surface area contributed by atoms with Gasteiger partial charge in [0.15, 0.2) is 0 Å². The van der Waals surface area contributed by atoms with Crippen molar-refractivity contribution in [2.24, 2.45) is 10.8 Å². The summed E-state index contributed by atoms with van der Waals surface area (Å²) in [7, 11) is 1.75. The smallest absolute Gasteiger partial charge is 0.218 e. The highest BCUT2D eigenvalue weighted by Crippen LogP contribution is 2.35. The predicted molar refractivity (Wildman–Crippen MR) is 84.4 cm³/mol. The fraction of sp³-hybridized carbons (Fsp3) is 0.417. The van der Waals surface area contributed by atoms with Crippen molar-refractivity contribution in [3.63, 3.8) is 0 Å². The third-order valence-electron chi connectivity index (χ3n) is 2.63. The highest BCUT2D eigenvalue weighted by molar-refractivity contribution is 6.42. The van der Waals surface area contributed by atoms with Crippen LogP contribution in [0.1, 0.15) is 13.8 Å². The normalized spacial score (nSPS) is 11.6. The molecule has 0 radical (unpaired) electrons. The Morgan fingerprint density at radius 2 is 1.63 bits per heavy atom. The van der Waals surface area contributed by atoms with Crippen LogP contribution in [0, 0.1) is 0 Å². The van der Waals surface area contributed by atoms with Gasteiger partial charge in [0.2, 0.25) is 5.96 Å². The molecule has 0 atom stereocenters. The van der Waals surface area contributed by atoms with Crippen molar-refractivity contribution in [1.29, 1.82) is 0 Å². The molecular formula is C12H17Cl3N4. The highest BCUT2D eigenvalue weighted by Gasteiger charge is 2.15. The van der Waals surface area contributed by atoms with Gasteiger partial charge in [-0.2, -0.15) is 0 Å². The third-order valence-corrected chi connectivity index (χ3v) is 3.43. The molecule has 0 bridgehead atoms. The molecule has 7 heteroatoms. The van der Waals surface area contributed by atoms with Gasteiger partial charge in [0, 0.05) is 25.2 Å². The van der Waals surface area contributed by atoms with Crippen molar-refractivity contribution in [3.8, 4) is 0 Å². The maximum atomic E-state index is 6.14. The molecule has 1 aromatic carbocycles. The number of hydrogen-bond acceptors (Lipinski definition) is 2. The molecule has 0 heterocycles. The summed E-state index contributed by atoms with van der Waals surface area (Å²) in [5, 5.41) is 7.47. The zero-order valence-corrected chi connectivity index (χ0v) is 13.4. The molecule has 0 saturated carbocycles. The summed E-state index contributed by atoms with van der Waals surface area (Å²) in [6, 6.07) is 3.23. The van der Waals surface area contributed by atoms with Gasteiger partial charge in [-0.25, -0.2) is 0 Å². The van der Waals surface area contributed by atoms with Crippen LogP contribution in [0.4, 0.5) is 5.69 Å². The fourth-order valence-corrected chi connectivity index (χ4v) is 2.62. The summed E-state index contributed by atoms with van der Waals surface area (Å²) in [5.41, 5.74) is 6.55. The second-order valence-corrected chi connectivity index (χ2v) is 5.12. The second kappa shape index (κ2) is 7.08. The van der Waals surface area contributed by atoms with Crippen LogP contribution in [0.5, 0.6) is 0 Å². The predicted octanol–water partition coefficient (Wildman–Crippen LogP) is 3.65. The van der Waals surface area contributed by atoms with E-state index >= 15 is 0 Å². The average Bonchev–Trinajstić information content (AvgIpc) is 2.34. The van der Waals surface area contributed by atoms with E-state index in [1.165, 1.54) is 0 Å². The Labute approximate surface area is 128 Å². The molecule has 19 heavy (non-hydrogen) atoms. The first-order chi connectivity index (χ1) is 8.90. The minimum atomic E-state index is 0.315. The zero-order chi connectivity index (χ0) is 14.6. The SMILES string of the molecule is CCN(CC)N=C(N)N(C)c1c(Cl)cc(Cl)cc1Cl. The molecule has 4 nitrogen and oxygen atoms in total. The Morgan fingerprint density at radius 1 is 1.16 bits per heavy atom. The maximum Gasteiger partial charge on any atom is 0.218 e. The van der Waals surface area contributed by atoms with E-state index in [0.29, 0.717) is 26.7 Å². The van der Waals surface area contributed by atoms with Crippen LogP contribution in [0.25, 0.3) is 0 Å². The molecule has 0 unspecified atom stereocenters. The molecular weight excluding hydrogens is 307 g/mol. The first-order valence-electron chi connectivity index (χ1n) is 5.88. The number of halogens is 3. The molecule has 0 spiro atoms. The summed E-state index contributed by atoms with van der Waals surface area (Å²) < 4.78 is 0. The molecule has 1 rings (SSSR count). The van der Waals surface area contributed by atoms with Crippen molar-refractivity contribution < 1.29 is 0 Å². The maximum absolute atomic E-state index is 6.14. The molecule has 0 aliphatic heterocycles. The summed E-state index contributed by atoms with van der Waals surface area (Å²) in [6.45, 7) is 5.55. The quantitative estimate of drug-likeness (QED) is 0.522. The topological polar surface area (TPSA) is 44.9 Å². The van der Waals surface area contributed by atoms with Crippen molar-refractivity contribution >= 4 is 46.4 Å². The Hall–Kier alpha value is -0.840. The van der Waals surface area contributed by atoms with Gasteiger partial charge in [0.1, 0.15) is 0 Å². The van der Waals surface area contributed by atoms with Crippen molar-refractivity contribution in [1.82, 2.24) is 5.01 Å². The van der Waals surface area contributed by atoms with E-state index < -0.39 is 0 Å². The lowest BCUT2D eigenvalue weighted by Gasteiger charge is -2.23. The van der Waals surface area contributed by atoms with E-state index in [9.17, 15) is 0 Å². The van der Waals surface area contributed by atoms with Crippen LogP contribution < -0.4 is 10.6 Å². The van der Waals surface area contributed by atoms with E-state index in [2.05, 4.69) is 5.10 Å². The van der Waals surface area contributed by atoms with Crippen LogP contribution in [0.3, 0.4) is 0 Å². The lowest BCUT2D eigenvalue weighted by atomic mass is 10.3. The lowest BCUT2D eigenvalue weighted by Crippen LogP contribution is -2.37. The van der Waals surface area contributed by atoms with E-state index in [-0.39, 0.29) is 0 Å². The number of anilines is 1. The average molecular weight is 324 g/mol. The van der Waals surface area contributed by atoms with E-state index in [1.54, 1.807) is 24.1 Å². The van der Waals surface area contributed by atoms with Crippen molar-refractivity contribution in [2.75, 3.05) is 25.0 Å². The van der Waals surface area contributed by atoms with Crippen molar-refractivity contribution in [3.05, 3.63) is 27.2 Å². The van der Waals surface area contributed by atoms with Crippen molar-refractivity contribution in [2.45, 2.75) is 13.8 Å². The van der Waals surface area contributed by atoms with Crippen LogP contribution in [0.2, 0.25) is 15.1 Å². The first-order valence-corrected chi connectivity index (χ1v) is 7.01. The standard InChI is InChI=1S/C12H17Cl3N4/c1-4-19(5-2)17-12(16)18(3)11-9(14)6-8(13)7-10(11)15/h6-7H,4-5H2,1-3H3,(H2,16,17). The number of nitrogens with two attached hydrogens (primary N) is 1. The second-order valence-electron chi connectivity index (χ2n) is 3.87. The van der Waals surface area contributed by atoms with Gasteiger partial charge in [-0.1, -0.05) is 34.8 Å². The summed E-state index contributed by atoms with van der Waals surface area (Å²) in [5.74, 6) is 0.315. The summed E-state index contributed by atoms with van der Waals surface area (Å²) in [6.07, 6.45) is 0. The van der Waals surface area contributed by atoms with Gasteiger partial charge in [-0.15, -0.1) is 5.10 Å². The van der Waals surface area contributed by atoms with E-state index in [4.69, 9.17) is 40.5 Å². The van der Waals surface area contributed by atoms with Gasteiger partial charge < -0.3 is 10.6 Å². The minimum absolute atomic E-state index is 0.315. The van der Waals surface area contributed by atoms with Gasteiger partial charge in [0.25, 0.3) is 0 Å². The Balaban J connectivity index is 3.10. The number of hydrogen-bond donors (Lipinski definition) is 1.